The van der Waals surface area contributed by atoms with Crippen molar-refractivity contribution in [3.8, 4) is 0 Å². The van der Waals surface area contributed by atoms with Crippen LogP contribution in [0.2, 0.25) is 0 Å². The average Bonchev–Trinajstić information content (AvgIpc) is 2.88. The molecule has 1 aromatic rings. The minimum absolute atomic E-state index is 0.0173. The van der Waals surface area contributed by atoms with Crippen molar-refractivity contribution < 1.29 is 21.6 Å². The molecule has 3 N–H and O–H groups in total. The number of carbonyl (C=O) groups is 1. The van der Waals surface area contributed by atoms with Crippen molar-refractivity contribution in [1.29, 1.82) is 0 Å². The van der Waals surface area contributed by atoms with E-state index >= 15 is 0 Å². The van der Waals surface area contributed by atoms with E-state index in [2.05, 4.69) is 4.72 Å². The summed E-state index contributed by atoms with van der Waals surface area (Å²) >= 11 is 0. The molecule has 0 radical (unpaired) electrons. The van der Waals surface area contributed by atoms with E-state index in [9.17, 15) is 21.6 Å². The zero-order valence-corrected chi connectivity index (χ0v) is 17.2. The Balaban J connectivity index is 1.62. The van der Waals surface area contributed by atoms with E-state index in [1.54, 1.807) is 12.1 Å². The Bertz CT molecular complexity index is 952. The first-order valence-corrected chi connectivity index (χ1v) is 12.2. The normalized spacial score (nSPS) is 27.2. The van der Waals surface area contributed by atoms with Gasteiger partial charge < -0.3 is 0 Å². The van der Waals surface area contributed by atoms with Gasteiger partial charge in [-0.1, -0.05) is 26.0 Å². The Morgan fingerprint density at radius 3 is 2.26 bits per heavy atom. The highest BCUT2D eigenvalue weighted by Crippen LogP contribution is 2.64. The second-order valence-electron chi connectivity index (χ2n) is 8.26. The molecule has 9 heteroatoms. The Morgan fingerprint density at radius 1 is 1.15 bits per heavy atom. The van der Waals surface area contributed by atoms with Gasteiger partial charge in [0, 0.05) is 18.4 Å². The van der Waals surface area contributed by atoms with E-state index in [0.717, 1.165) is 12.0 Å². The molecule has 2 bridgehead atoms. The average molecular weight is 415 g/mol. The molecule has 0 unspecified atom stereocenters. The summed E-state index contributed by atoms with van der Waals surface area (Å²) in [5, 5.41) is 5.06. The van der Waals surface area contributed by atoms with Crippen LogP contribution in [0.5, 0.6) is 0 Å². The Labute approximate surface area is 160 Å². The molecule has 0 saturated heterocycles. The number of nitrogens with two attached hydrogens (primary N) is 1. The number of hydrogen-bond acceptors (Lipinski definition) is 5. The van der Waals surface area contributed by atoms with Crippen molar-refractivity contribution in [3.63, 3.8) is 0 Å². The van der Waals surface area contributed by atoms with Gasteiger partial charge in [-0.3, -0.25) is 4.79 Å². The highest BCUT2D eigenvalue weighted by Gasteiger charge is 2.65. The molecule has 1 aromatic carbocycles. The number of Topliss-reactive ketones (excluding diaryl/α,β-unsaturated/α-hetero) is 1. The van der Waals surface area contributed by atoms with E-state index in [1.165, 1.54) is 12.1 Å². The number of hydrogen-bond donors (Lipinski definition) is 2. The number of primary sulfonamides is 1. The lowest BCUT2D eigenvalue weighted by atomic mass is 9.70. The number of ketones is 1. The minimum atomic E-state index is -3.74. The van der Waals surface area contributed by atoms with Gasteiger partial charge in [0.25, 0.3) is 0 Å². The van der Waals surface area contributed by atoms with Gasteiger partial charge in [-0.05, 0) is 48.3 Å². The van der Waals surface area contributed by atoms with Crippen molar-refractivity contribution in [2.24, 2.45) is 21.9 Å². The molecule has 0 amide bonds. The number of carbonyl (C=O) groups excluding carboxylic acids is 1. The number of sulfonamides is 2. The first kappa shape index (κ1) is 20.4. The summed E-state index contributed by atoms with van der Waals surface area (Å²) in [6.07, 6.45) is 2.44. The maximum atomic E-state index is 12.6. The summed E-state index contributed by atoms with van der Waals surface area (Å²) in [5.41, 5.74) is -0.273. The monoisotopic (exact) mass is 414 g/mol. The lowest BCUT2D eigenvalue weighted by Crippen LogP contribution is -2.45. The van der Waals surface area contributed by atoms with Crippen LogP contribution < -0.4 is 9.86 Å². The van der Waals surface area contributed by atoms with E-state index in [-0.39, 0.29) is 34.3 Å². The Morgan fingerprint density at radius 2 is 1.78 bits per heavy atom. The van der Waals surface area contributed by atoms with Gasteiger partial charge in [-0.25, -0.2) is 26.7 Å². The Hall–Kier alpha value is -1.29. The van der Waals surface area contributed by atoms with Crippen LogP contribution in [-0.2, 0) is 31.3 Å². The van der Waals surface area contributed by atoms with Crippen LogP contribution in [0.1, 0.15) is 38.7 Å². The van der Waals surface area contributed by atoms with Crippen LogP contribution in [0.15, 0.2) is 29.2 Å². The predicted molar refractivity (Wildman–Crippen MR) is 102 cm³/mol. The first-order chi connectivity index (χ1) is 12.4. The zero-order chi connectivity index (χ0) is 20.1. The van der Waals surface area contributed by atoms with Gasteiger partial charge in [-0.2, -0.15) is 0 Å². The predicted octanol–water partition coefficient (Wildman–Crippen LogP) is 1.19. The minimum Gasteiger partial charge on any atom is -0.299 e. The molecule has 2 atom stereocenters. The number of nitrogens with one attached hydrogen (secondary N) is 1. The summed E-state index contributed by atoms with van der Waals surface area (Å²) in [7, 11) is -7.34. The smallest absolute Gasteiger partial charge is 0.238 e. The number of rotatable bonds is 7. The molecule has 0 heterocycles. The summed E-state index contributed by atoms with van der Waals surface area (Å²) in [6.45, 7) is 4.21. The van der Waals surface area contributed by atoms with Crippen molar-refractivity contribution >= 4 is 25.8 Å². The van der Waals surface area contributed by atoms with Crippen molar-refractivity contribution in [3.05, 3.63) is 29.8 Å². The third-order valence-corrected chi connectivity index (χ3v) is 9.01. The molecule has 150 valence electrons. The van der Waals surface area contributed by atoms with Crippen LogP contribution in [0.3, 0.4) is 0 Å². The van der Waals surface area contributed by atoms with Crippen LogP contribution in [0, 0.1) is 16.7 Å². The SMILES string of the molecule is CC1(C)[C@H]2CC[C@]1(CS(=O)(=O)NCCc1ccc(S(N)(=O)=O)cc1)C(=O)C2. The lowest BCUT2D eigenvalue weighted by molar-refractivity contribution is -0.128. The first-order valence-electron chi connectivity index (χ1n) is 9.00. The quantitative estimate of drug-likeness (QED) is 0.694. The van der Waals surface area contributed by atoms with Crippen molar-refractivity contribution in [2.75, 3.05) is 12.3 Å². The third kappa shape index (κ3) is 3.70. The highest BCUT2D eigenvalue weighted by molar-refractivity contribution is 7.89. The second kappa shape index (κ2) is 6.65. The highest BCUT2D eigenvalue weighted by atomic mass is 32.2. The van der Waals surface area contributed by atoms with Gasteiger partial charge in [-0.15, -0.1) is 0 Å². The summed E-state index contributed by atoms with van der Waals surface area (Å²) in [6, 6.07) is 6.02. The van der Waals surface area contributed by atoms with Crippen LogP contribution in [0.4, 0.5) is 0 Å². The Kier molecular flexibility index (Phi) is 5.03. The summed E-state index contributed by atoms with van der Waals surface area (Å²) in [5.74, 6) is 0.192. The van der Waals surface area contributed by atoms with Crippen LogP contribution in [0.25, 0.3) is 0 Å². The summed E-state index contributed by atoms with van der Waals surface area (Å²) < 4.78 is 50.3. The third-order valence-electron chi connectivity index (χ3n) is 6.56. The standard InChI is InChI=1S/C18H26N2O5S2/c1-17(2)14-7-9-18(17,16(21)11-14)12-26(22,23)20-10-8-13-3-5-15(6-4-13)27(19,24)25/h3-6,14,20H,7-12H2,1-2H3,(H2,19,24,25)/t14-,18-/m0/s1. The number of benzene rings is 1. The van der Waals surface area contributed by atoms with Gasteiger partial charge in [0.2, 0.25) is 20.0 Å². The maximum Gasteiger partial charge on any atom is 0.238 e. The van der Waals surface area contributed by atoms with Gasteiger partial charge >= 0.3 is 0 Å². The van der Waals surface area contributed by atoms with Gasteiger partial charge in [0.05, 0.1) is 10.6 Å². The van der Waals surface area contributed by atoms with Crippen molar-refractivity contribution in [1.82, 2.24) is 4.72 Å². The molecular formula is C18H26N2O5S2. The topological polar surface area (TPSA) is 123 Å². The molecule has 0 aromatic heterocycles. The molecule has 2 aliphatic rings. The van der Waals surface area contributed by atoms with E-state index < -0.39 is 25.5 Å². The fraction of sp³-hybridized carbons (Fsp3) is 0.611. The lowest BCUT2D eigenvalue weighted by Gasteiger charge is -2.36. The number of fused-ring (bicyclic) bond motifs is 2. The van der Waals surface area contributed by atoms with Gasteiger partial charge in [0.15, 0.2) is 0 Å². The fourth-order valence-corrected chi connectivity index (χ4v) is 7.04. The molecule has 0 spiro atoms. The second-order valence-corrected chi connectivity index (χ2v) is 11.6. The van der Waals surface area contributed by atoms with Crippen LogP contribution >= 0.6 is 0 Å². The van der Waals surface area contributed by atoms with E-state index in [1.807, 2.05) is 13.8 Å². The molecule has 3 rings (SSSR count). The van der Waals surface area contributed by atoms with Gasteiger partial charge in [0.1, 0.15) is 5.78 Å². The van der Waals surface area contributed by atoms with Crippen molar-refractivity contribution in [2.45, 2.75) is 44.4 Å². The molecule has 2 fully saturated rings. The largest absolute Gasteiger partial charge is 0.299 e. The molecule has 2 saturated carbocycles. The molecule has 7 nitrogen and oxygen atoms in total. The van der Waals surface area contributed by atoms with E-state index in [0.29, 0.717) is 19.3 Å². The molecule has 27 heavy (non-hydrogen) atoms. The summed E-state index contributed by atoms with van der Waals surface area (Å²) in [4.78, 5) is 12.5. The fourth-order valence-electron chi connectivity index (χ4n) is 4.68. The maximum absolute atomic E-state index is 12.6. The molecule has 2 aliphatic carbocycles. The zero-order valence-electron chi connectivity index (χ0n) is 15.6. The van der Waals surface area contributed by atoms with E-state index in [4.69, 9.17) is 5.14 Å². The molecular weight excluding hydrogens is 388 g/mol. The van der Waals surface area contributed by atoms with Crippen LogP contribution in [-0.4, -0.2) is 34.9 Å². The molecule has 0 aliphatic heterocycles.